The van der Waals surface area contributed by atoms with Gasteiger partial charge in [-0.15, -0.1) is 0 Å². The second-order valence-corrected chi connectivity index (χ2v) is 6.89. The van der Waals surface area contributed by atoms with Gasteiger partial charge < -0.3 is 9.64 Å². The molecule has 1 aliphatic heterocycles. The van der Waals surface area contributed by atoms with Gasteiger partial charge in [-0.1, -0.05) is 42.6 Å². The fourth-order valence-electron chi connectivity index (χ4n) is 2.77. The Bertz CT molecular complexity index is 918. The van der Waals surface area contributed by atoms with Crippen molar-refractivity contribution in [3.8, 4) is 5.75 Å². The molecule has 0 fully saturated rings. The summed E-state index contributed by atoms with van der Waals surface area (Å²) in [7, 11) is 0. The molecule has 0 spiro atoms. The largest absolute Gasteiger partial charge is 0.435 e. The van der Waals surface area contributed by atoms with Gasteiger partial charge in [0.2, 0.25) is 0 Å². The van der Waals surface area contributed by atoms with Crippen LogP contribution in [-0.4, -0.2) is 33.9 Å². The van der Waals surface area contributed by atoms with E-state index in [4.69, 9.17) is 0 Å². The monoisotopic (exact) mass is 421 g/mol. The fourth-order valence-corrected chi connectivity index (χ4v) is 3.33. The van der Waals surface area contributed by atoms with Gasteiger partial charge in [-0.3, -0.25) is 4.90 Å². The van der Waals surface area contributed by atoms with Gasteiger partial charge in [-0.25, -0.2) is 9.18 Å². The van der Waals surface area contributed by atoms with Gasteiger partial charge in [0.1, 0.15) is 17.4 Å². The molecular weight excluding hydrogens is 403 g/mol. The quantitative estimate of drug-likeness (QED) is 0.655. The van der Waals surface area contributed by atoms with Crippen LogP contribution in [0, 0.1) is 5.82 Å². The number of nitrogens with zero attached hydrogens (tertiary/aromatic N) is 3. The van der Waals surface area contributed by atoms with E-state index in [2.05, 4.69) is 16.3 Å². The maximum atomic E-state index is 13.1. The summed E-state index contributed by atoms with van der Waals surface area (Å²) in [6.45, 7) is 1.68. The average molecular weight is 421 g/mol. The van der Waals surface area contributed by atoms with E-state index in [1.807, 2.05) is 0 Å². The molecule has 1 heterocycles. The number of hydrogen-bond acceptors (Lipinski definition) is 4. The van der Waals surface area contributed by atoms with Crippen molar-refractivity contribution in [2.24, 2.45) is 4.99 Å². The summed E-state index contributed by atoms with van der Waals surface area (Å²) in [6.07, 6.45) is 1.79. The number of amides is 2. The van der Waals surface area contributed by atoms with E-state index < -0.39 is 12.6 Å². The molecule has 0 N–H and O–H groups in total. The molecule has 0 atom stereocenters. The SMILES string of the molecule is C=C1N(Cc2ccc(F)cc2)C(=O)N=C(SC)N1Cc1ccc(OC(F)F)cc1. The number of carbonyl (C=O) groups is 1. The number of thioether (sulfide) groups is 1. The van der Waals surface area contributed by atoms with Crippen LogP contribution in [0.15, 0.2) is 65.9 Å². The van der Waals surface area contributed by atoms with Crippen molar-refractivity contribution in [1.29, 1.82) is 0 Å². The van der Waals surface area contributed by atoms with Crippen LogP contribution in [-0.2, 0) is 13.1 Å². The van der Waals surface area contributed by atoms with Crippen molar-refractivity contribution < 1.29 is 22.7 Å². The first-order chi connectivity index (χ1) is 13.9. The minimum atomic E-state index is -2.89. The van der Waals surface area contributed by atoms with Crippen LogP contribution in [0.5, 0.6) is 5.75 Å². The van der Waals surface area contributed by atoms with Crippen molar-refractivity contribution in [2.75, 3.05) is 6.26 Å². The smallest absolute Gasteiger partial charge is 0.387 e. The number of amidine groups is 1. The number of urea groups is 1. The van der Waals surface area contributed by atoms with Crippen LogP contribution in [0.4, 0.5) is 18.0 Å². The maximum Gasteiger partial charge on any atom is 0.387 e. The maximum absolute atomic E-state index is 13.1. The second kappa shape index (κ2) is 9.04. The molecule has 2 amide bonds. The first-order valence-corrected chi connectivity index (χ1v) is 9.78. The van der Waals surface area contributed by atoms with E-state index in [1.165, 1.54) is 40.9 Å². The first-order valence-electron chi connectivity index (χ1n) is 8.56. The van der Waals surface area contributed by atoms with Crippen LogP contribution in [0.25, 0.3) is 0 Å². The molecule has 0 aliphatic carbocycles. The highest BCUT2D eigenvalue weighted by molar-refractivity contribution is 8.13. The van der Waals surface area contributed by atoms with E-state index in [0.717, 1.165) is 11.1 Å². The van der Waals surface area contributed by atoms with Crippen molar-refractivity contribution in [3.05, 3.63) is 77.9 Å². The lowest BCUT2D eigenvalue weighted by atomic mass is 10.2. The number of rotatable bonds is 6. The Morgan fingerprint density at radius 1 is 1.03 bits per heavy atom. The van der Waals surface area contributed by atoms with E-state index in [9.17, 15) is 18.0 Å². The number of carbonyl (C=O) groups excluding carboxylic acids is 1. The van der Waals surface area contributed by atoms with Gasteiger partial charge in [-0.2, -0.15) is 13.8 Å². The summed E-state index contributed by atoms with van der Waals surface area (Å²) >= 11 is 1.30. The summed E-state index contributed by atoms with van der Waals surface area (Å²) in [5.41, 5.74) is 1.53. The van der Waals surface area contributed by atoms with Crippen LogP contribution >= 0.6 is 11.8 Å². The van der Waals surface area contributed by atoms with E-state index in [0.29, 0.717) is 17.5 Å². The number of alkyl halides is 2. The molecule has 29 heavy (non-hydrogen) atoms. The molecule has 2 aromatic carbocycles. The number of aliphatic imine (C=N–C) groups is 1. The lowest BCUT2D eigenvalue weighted by Crippen LogP contribution is -2.44. The van der Waals surface area contributed by atoms with E-state index >= 15 is 0 Å². The number of halogens is 3. The van der Waals surface area contributed by atoms with Crippen LogP contribution in [0.3, 0.4) is 0 Å². The summed E-state index contributed by atoms with van der Waals surface area (Å²) in [5.74, 6) is 0.126. The van der Waals surface area contributed by atoms with Crippen molar-refractivity contribution in [3.63, 3.8) is 0 Å². The third kappa shape index (κ3) is 5.11. The zero-order valence-corrected chi connectivity index (χ0v) is 16.3. The Kier molecular flexibility index (Phi) is 6.48. The Morgan fingerprint density at radius 2 is 1.59 bits per heavy atom. The molecule has 0 radical (unpaired) electrons. The summed E-state index contributed by atoms with van der Waals surface area (Å²) in [5, 5.41) is 0.475. The normalized spacial score (nSPS) is 14.4. The van der Waals surface area contributed by atoms with E-state index in [-0.39, 0.29) is 18.1 Å². The number of benzene rings is 2. The average Bonchev–Trinajstić information content (AvgIpc) is 2.69. The number of ether oxygens (including phenoxy) is 1. The van der Waals surface area contributed by atoms with Crippen LogP contribution in [0.1, 0.15) is 11.1 Å². The molecule has 152 valence electrons. The minimum absolute atomic E-state index is 0.0630. The molecule has 3 rings (SSSR count). The summed E-state index contributed by atoms with van der Waals surface area (Å²) in [4.78, 5) is 19.7. The van der Waals surface area contributed by atoms with Gasteiger partial charge in [0.05, 0.1) is 13.1 Å². The van der Waals surface area contributed by atoms with Gasteiger partial charge in [0.15, 0.2) is 5.17 Å². The lowest BCUT2D eigenvalue weighted by Gasteiger charge is -2.36. The minimum Gasteiger partial charge on any atom is -0.435 e. The van der Waals surface area contributed by atoms with Crippen LogP contribution < -0.4 is 4.74 Å². The summed E-state index contributed by atoms with van der Waals surface area (Å²) < 4.78 is 42.1. The third-order valence-electron chi connectivity index (χ3n) is 4.20. The molecule has 0 aromatic heterocycles. The lowest BCUT2D eigenvalue weighted by molar-refractivity contribution is -0.0498. The molecule has 0 bridgehead atoms. The Balaban J connectivity index is 1.79. The number of hydrogen-bond donors (Lipinski definition) is 0. The molecule has 9 heteroatoms. The van der Waals surface area contributed by atoms with Gasteiger partial charge in [0, 0.05) is 0 Å². The van der Waals surface area contributed by atoms with E-state index in [1.54, 1.807) is 35.4 Å². The van der Waals surface area contributed by atoms with Crippen molar-refractivity contribution in [1.82, 2.24) is 9.80 Å². The topological polar surface area (TPSA) is 45.1 Å². The predicted octanol–water partition coefficient (Wildman–Crippen LogP) is 5.06. The fraction of sp³-hybridized carbons (Fsp3) is 0.200. The third-order valence-corrected chi connectivity index (χ3v) is 4.88. The zero-order chi connectivity index (χ0) is 21.0. The first kappa shape index (κ1) is 20.8. The molecule has 0 unspecified atom stereocenters. The Labute approximate surface area is 170 Å². The second-order valence-electron chi connectivity index (χ2n) is 6.12. The molecular formula is C20H18F3N3O2S. The molecule has 2 aromatic rings. The highest BCUT2D eigenvalue weighted by Gasteiger charge is 2.30. The highest BCUT2D eigenvalue weighted by atomic mass is 32.2. The molecule has 5 nitrogen and oxygen atoms in total. The highest BCUT2D eigenvalue weighted by Crippen LogP contribution is 2.26. The van der Waals surface area contributed by atoms with Gasteiger partial charge in [-0.05, 0) is 41.6 Å². The summed E-state index contributed by atoms with van der Waals surface area (Å²) in [6, 6.07) is 11.6. The van der Waals surface area contributed by atoms with Crippen LogP contribution in [0.2, 0.25) is 0 Å². The zero-order valence-electron chi connectivity index (χ0n) is 15.5. The Morgan fingerprint density at radius 3 is 2.14 bits per heavy atom. The molecule has 0 saturated carbocycles. The van der Waals surface area contributed by atoms with Gasteiger partial charge in [0.25, 0.3) is 0 Å². The van der Waals surface area contributed by atoms with Gasteiger partial charge >= 0.3 is 12.6 Å². The van der Waals surface area contributed by atoms with Crippen molar-refractivity contribution >= 4 is 23.0 Å². The molecule has 1 aliphatic rings. The molecule has 0 saturated heterocycles. The standard InChI is InChI=1S/C20H18F3N3O2S/c1-13-25(11-14-3-7-16(21)8-4-14)19(27)24-20(29-2)26(13)12-15-5-9-17(10-6-15)28-18(22)23/h3-10,18H,1,11-12H2,2H3. The van der Waals surface area contributed by atoms with Crippen molar-refractivity contribution in [2.45, 2.75) is 19.7 Å². The predicted molar refractivity (Wildman–Crippen MR) is 106 cm³/mol. The Hall–Kier alpha value is -2.94.